The molecule has 0 saturated heterocycles. The number of carbonyl (C=O) groups is 4. The van der Waals surface area contributed by atoms with Crippen molar-refractivity contribution in [3.05, 3.63) is 71.8 Å². The van der Waals surface area contributed by atoms with Gasteiger partial charge in [-0.1, -0.05) is 60.7 Å². The van der Waals surface area contributed by atoms with E-state index in [9.17, 15) is 19.2 Å². The van der Waals surface area contributed by atoms with E-state index in [1.54, 1.807) is 48.5 Å². The fourth-order valence-electron chi connectivity index (χ4n) is 1.98. The molecule has 0 aliphatic carbocycles. The zero-order chi connectivity index (χ0) is 20.2. The molecule has 0 unspecified atom stereocenters. The summed E-state index contributed by atoms with van der Waals surface area (Å²) in [5, 5.41) is 0. The molecule has 0 fully saturated rings. The van der Waals surface area contributed by atoms with Gasteiger partial charge >= 0.3 is 24.2 Å². The molecule has 28 heavy (non-hydrogen) atoms. The van der Waals surface area contributed by atoms with Crippen LogP contribution in [0.3, 0.4) is 0 Å². The molecule has 0 aliphatic rings. The third-order valence-corrected chi connectivity index (χ3v) is 3.33. The van der Waals surface area contributed by atoms with E-state index in [1.807, 2.05) is 12.1 Å². The molecular weight excluding hydrogens is 368 g/mol. The van der Waals surface area contributed by atoms with Crippen LogP contribution in [0.25, 0.3) is 0 Å². The Morgan fingerprint density at radius 2 is 0.929 bits per heavy atom. The number of esters is 2. The summed E-state index contributed by atoms with van der Waals surface area (Å²) in [6, 6.07) is 17.6. The van der Waals surface area contributed by atoms with Gasteiger partial charge in [-0.15, -0.1) is 0 Å². The Morgan fingerprint density at radius 3 is 1.29 bits per heavy atom. The number of ether oxygens (including phenoxy) is 4. The van der Waals surface area contributed by atoms with E-state index >= 15 is 0 Å². The average molecular weight is 386 g/mol. The van der Waals surface area contributed by atoms with Crippen LogP contribution in [0.5, 0.6) is 0 Å². The van der Waals surface area contributed by atoms with E-state index in [1.165, 1.54) is 0 Å². The maximum atomic E-state index is 11.5. The Morgan fingerprint density at radius 1 is 0.571 bits per heavy atom. The van der Waals surface area contributed by atoms with Crippen molar-refractivity contribution in [3.63, 3.8) is 0 Å². The van der Waals surface area contributed by atoms with Crippen molar-refractivity contribution < 1.29 is 38.1 Å². The standard InChI is InChI=1S/C20H18O8/c21-17(27-19(23)25-13-15-7-3-1-4-8-15)11-12-18(22)28-20(24)26-14-16-9-5-2-6-10-16/h1-10H,11-14H2. The first-order chi connectivity index (χ1) is 13.5. The zero-order valence-electron chi connectivity index (χ0n) is 14.9. The van der Waals surface area contributed by atoms with Crippen LogP contribution in [0.2, 0.25) is 0 Å². The monoisotopic (exact) mass is 386 g/mol. The molecule has 2 aromatic rings. The third kappa shape index (κ3) is 8.13. The maximum Gasteiger partial charge on any atom is 0.516 e. The molecule has 8 heteroatoms. The molecule has 0 heterocycles. The van der Waals surface area contributed by atoms with Crippen LogP contribution in [0.1, 0.15) is 24.0 Å². The first-order valence-corrected chi connectivity index (χ1v) is 8.35. The number of hydrogen-bond acceptors (Lipinski definition) is 8. The molecular formula is C20H18O8. The van der Waals surface area contributed by atoms with Gasteiger partial charge in [0.05, 0.1) is 12.8 Å². The lowest BCUT2D eigenvalue weighted by Crippen LogP contribution is -2.17. The highest BCUT2D eigenvalue weighted by Crippen LogP contribution is 2.05. The number of rotatable bonds is 7. The minimum Gasteiger partial charge on any atom is -0.429 e. The van der Waals surface area contributed by atoms with Gasteiger partial charge in [0.15, 0.2) is 0 Å². The molecule has 146 valence electrons. The topological polar surface area (TPSA) is 105 Å². The van der Waals surface area contributed by atoms with Gasteiger partial charge in [-0.25, -0.2) is 9.59 Å². The van der Waals surface area contributed by atoms with Gasteiger partial charge in [0.2, 0.25) is 0 Å². The average Bonchev–Trinajstić information content (AvgIpc) is 2.71. The fourth-order valence-corrected chi connectivity index (χ4v) is 1.98. The van der Waals surface area contributed by atoms with Crippen LogP contribution in [0, 0.1) is 0 Å². The molecule has 0 saturated carbocycles. The summed E-state index contributed by atoms with van der Waals surface area (Å²) in [5.74, 6) is -1.96. The van der Waals surface area contributed by atoms with Gasteiger partial charge in [0.25, 0.3) is 0 Å². The Bertz CT molecular complexity index is 732. The predicted octanol–water partition coefficient (Wildman–Crippen LogP) is 3.53. The SMILES string of the molecule is O=C(CCC(=O)OC(=O)OCc1ccccc1)OC(=O)OCc1ccccc1. The summed E-state index contributed by atoms with van der Waals surface area (Å²) in [4.78, 5) is 45.9. The number of hydrogen-bond donors (Lipinski definition) is 0. The predicted molar refractivity (Wildman–Crippen MR) is 94.7 cm³/mol. The van der Waals surface area contributed by atoms with Gasteiger partial charge in [-0.2, -0.15) is 0 Å². The quantitative estimate of drug-likeness (QED) is 0.526. The van der Waals surface area contributed by atoms with Crippen molar-refractivity contribution in [2.75, 3.05) is 0 Å². The largest absolute Gasteiger partial charge is 0.516 e. The number of benzene rings is 2. The van der Waals surface area contributed by atoms with E-state index in [-0.39, 0.29) is 13.2 Å². The first-order valence-electron chi connectivity index (χ1n) is 8.35. The minimum atomic E-state index is -1.18. The summed E-state index contributed by atoms with van der Waals surface area (Å²) in [6.45, 7) is -0.107. The highest BCUT2D eigenvalue weighted by molar-refractivity contribution is 5.87. The Labute approximate surface area is 161 Å². The summed E-state index contributed by atoms with van der Waals surface area (Å²) in [5.41, 5.74) is 1.45. The Kier molecular flexibility index (Phi) is 8.19. The van der Waals surface area contributed by atoms with Crippen LogP contribution < -0.4 is 0 Å². The molecule has 0 N–H and O–H groups in total. The molecule has 0 amide bonds. The molecule has 2 aromatic carbocycles. The normalized spacial score (nSPS) is 9.86. The smallest absolute Gasteiger partial charge is 0.429 e. The van der Waals surface area contributed by atoms with Gasteiger partial charge < -0.3 is 18.9 Å². The zero-order valence-corrected chi connectivity index (χ0v) is 14.9. The molecule has 0 bridgehead atoms. The van der Waals surface area contributed by atoms with Gasteiger partial charge in [0.1, 0.15) is 13.2 Å². The van der Waals surface area contributed by atoms with Crippen molar-refractivity contribution in [2.24, 2.45) is 0 Å². The molecule has 2 rings (SSSR count). The van der Waals surface area contributed by atoms with Crippen LogP contribution in [-0.2, 0) is 41.8 Å². The van der Waals surface area contributed by atoms with Crippen molar-refractivity contribution in [2.45, 2.75) is 26.1 Å². The lowest BCUT2D eigenvalue weighted by atomic mass is 10.2. The Hall–Kier alpha value is -3.68. The van der Waals surface area contributed by atoms with E-state index in [0.29, 0.717) is 0 Å². The van der Waals surface area contributed by atoms with Crippen molar-refractivity contribution in [1.29, 1.82) is 0 Å². The minimum absolute atomic E-state index is 0.0533. The summed E-state index contributed by atoms with van der Waals surface area (Å²) in [7, 11) is 0. The summed E-state index contributed by atoms with van der Waals surface area (Å²) < 4.78 is 18.4. The lowest BCUT2D eigenvalue weighted by molar-refractivity contribution is -0.146. The van der Waals surface area contributed by atoms with E-state index < -0.39 is 37.1 Å². The van der Waals surface area contributed by atoms with Crippen LogP contribution in [-0.4, -0.2) is 24.2 Å². The van der Waals surface area contributed by atoms with Crippen molar-refractivity contribution in [1.82, 2.24) is 0 Å². The second-order valence-corrected chi connectivity index (χ2v) is 5.50. The molecule has 8 nitrogen and oxygen atoms in total. The van der Waals surface area contributed by atoms with E-state index in [0.717, 1.165) is 11.1 Å². The van der Waals surface area contributed by atoms with Crippen LogP contribution >= 0.6 is 0 Å². The maximum absolute atomic E-state index is 11.5. The summed E-state index contributed by atoms with van der Waals surface area (Å²) in [6.07, 6.45) is -3.26. The highest BCUT2D eigenvalue weighted by atomic mass is 16.7. The molecule has 0 spiro atoms. The first kappa shape index (κ1) is 20.6. The van der Waals surface area contributed by atoms with E-state index in [2.05, 4.69) is 9.47 Å². The molecule has 0 atom stereocenters. The van der Waals surface area contributed by atoms with Crippen LogP contribution in [0.15, 0.2) is 60.7 Å². The van der Waals surface area contributed by atoms with Gasteiger partial charge in [0, 0.05) is 0 Å². The summed E-state index contributed by atoms with van der Waals surface area (Å²) >= 11 is 0. The number of carbonyl (C=O) groups excluding carboxylic acids is 4. The second-order valence-electron chi connectivity index (χ2n) is 5.50. The Balaban J connectivity index is 1.60. The van der Waals surface area contributed by atoms with Gasteiger partial charge in [-0.05, 0) is 11.1 Å². The highest BCUT2D eigenvalue weighted by Gasteiger charge is 2.17. The van der Waals surface area contributed by atoms with Crippen molar-refractivity contribution in [3.8, 4) is 0 Å². The molecule has 0 aromatic heterocycles. The lowest BCUT2D eigenvalue weighted by Gasteiger charge is -2.06. The fraction of sp³-hybridized carbons (Fsp3) is 0.200. The molecule has 0 aliphatic heterocycles. The van der Waals surface area contributed by atoms with Crippen molar-refractivity contribution >= 4 is 24.2 Å². The third-order valence-electron chi connectivity index (χ3n) is 3.33. The van der Waals surface area contributed by atoms with E-state index in [4.69, 9.17) is 9.47 Å². The molecule has 0 radical (unpaired) electrons. The van der Waals surface area contributed by atoms with Crippen LogP contribution in [0.4, 0.5) is 9.59 Å². The second kappa shape index (κ2) is 11.1. The van der Waals surface area contributed by atoms with Gasteiger partial charge in [-0.3, -0.25) is 9.59 Å².